The second kappa shape index (κ2) is 7.94. The van der Waals surface area contributed by atoms with Crippen LogP contribution in [0.15, 0.2) is 48.7 Å². The summed E-state index contributed by atoms with van der Waals surface area (Å²) in [6, 6.07) is 12.4. The molecule has 2 aromatic carbocycles. The number of hydrogen-bond donors (Lipinski definition) is 2. The van der Waals surface area contributed by atoms with Gasteiger partial charge < -0.3 is 15.4 Å². The van der Waals surface area contributed by atoms with Gasteiger partial charge in [0.2, 0.25) is 0 Å². The highest BCUT2D eigenvalue weighted by Crippen LogP contribution is 2.45. The summed E-state index contributed by atoms with van der Waals surface area (Å²) in [4.78, 5) is 25.4. The van der Waals surface area contributed by atoms with Gasteiger partial charge in [-0.2, -0.15) is 0 Å². The highest BCUT2D eigenvalue weighted by Gasteiger charge is 2.39. The number of hydrogen-bond acceptors (Lipinski definition) is 5. The van der Waals surface area contributed by atoms with E-state index >= 15 is 0 Å². The van der Waals surface area contributed by atoms with Crippen molar-refractivity contribution in [2.24, 2.45) is 7.05 Å². The third-order valence-electron chi connectivity index (χ3n) is 4.98. The maximum Gasteiger partial charge on any atom is 0.256 e. The van der Waals surface area contributed by atoms with Gasteiger partial charge in [-0.05, 0) is 17.7 Å². The first-order chi connectivity index (χ1) is 14.5. The summed E-state index contributed by atoms with van der Waals surface area (Å²) in [5.41, 5.74) is 1.85. The fourth-order valence-electron chi connectivity index (χ4n) is 3.64. The van der Waals surface area contributed by atoms with Crippen LogP contribution >= 0.6 is 0 Å². The Morgan fingerprint density at radius 1 is 1.20 bits per heavy atom. The first-order valence-electron chi connectivity index (χ1n) is 9.37. The van der Waals surface area contributed by atoms with Crippen LogP contribution in [0.5, 0.6) is 5.75 Å². The zero-order valence-electron chi connectivity index (χ0n) is 16.4. The molecule has 1 aliphatic rings. The lowest BCUT2D eigenvalue weighted by Gasteiger charge is -2.16. The molecular weight excluding hydrogens is 389 g/mol. The molecule has 0 unspecified atom stereocenters. The molecule has 0 radical (unpaired) electrons. The minimum atomic E-state index is -0.788. The minimum absolute atomic E-state index is 0.177. The lowest BCUT2D eigenvalue weighted by molar-refractivity contribution is 0.0955. The molecule has 30 heavy (non-hydrogen) atoms. The SMILES string of the molecule is CNC(=O)c1cc(C(=O)Nc2cn(C)nn2)cc2c1O[C@H](CF)[C@H]2c1ccccc1. The van der Waals surface area contributed by atoms with Crippen LogP contribution < -0.4 is 15.4 Å². The monoisotopic (exact) mass is 409 g/mol. The zero-order valence-corrected chi connectivity index (χ0v) is 16.4. The molecule has 154 valence electrons. The molecule has 0 spiro atoms. The third kappa shape index (κ3) is 3.49. The van der Waals surface area contributed by atoms with Crippen LogP contribution in [0.25, 0.3) is 0 Å². The Bertz CT molecular complexity index is 1100. The molecule has 2 heterocycles. The average Bonchev–Trinajstić information content (AvgIpc) is 3.35. The molecule has 2 N–H and O–H groups in total. The number of carbonyl (C=O) groups excluding carboxylic acids is 2. The largest absolute Gasteiger partial charge is 0.486 e. The van der Waals surface area contributed by atoms with Crippen LogP contribution in [0, 0.1) is 0 Å². The number of ether oxygens (including phenoxy) is 1. The maximum absolute atomic E-state index is 13.8. The van der Waals surface area contributed by atoms with Gasteiger partial charge in [-0.15, -0.1) is 5.10 Å². The van der Waals surface area contributed by atoms with Crippen LogP contribution in [-0.4, -0.2) is 46.6 Å². The number of nitrogens with one attached hydrogen (secondary N) is 2. The Hall–Kier alpha value is -3.75. The number of aromatic nitrogens is 3. The van der Waals surface area contributed by atoms with Gasteiger partial charge in [-0.3, -0.25) is 14.3 Å². The number of alkyl halides is 1. The van der Waals surface area contributed by atoms with Crippen molar-refractivity contribution < 1.29 is 18.7 Å². The smallest absolute Gasteiger partial charge is 0.256 e. The van der Waals surface area contributed by atoms with Gasteiger partial charge in [-0.1, -0.05) is 35.5 Å². The molecular formula is C21H20FN5O3. The third-order valence-corrected chi connectivity index (χ3v) is 4.98. The van der Waals surface area contributed by atoms with E-state index in [0.29, 0.717) is 11.3 Å². The van der Waals surface area contributed by atoms with Crippen molar-refractivity contribution in [2.45, 2.75) is 12.0 Å². The van der Waals surface area contributed by atoms with Gasteiger partial charge in [0.1, 0.15) is 18.5 Å². The van der Waals surface area contributed by atoms with E-state index < -0.39 is 30.5 Å². The number of anilines is 1. The zero-order chi connectivity index (χ0) is 21.3. The molecule has 2 amide bonds. The summed E-state index contributed by atoms with van der Waals surface area (Å²) in [5, 5.41) is 12.8. The number of fused-ring (bicyclic) bond motifs is 1. The normalized spacial score (nSPS) is 17.2. The molecule has 0 aliphatic carbocycles. The van der Waals surface area contributed by atoms with E-state index in [1.165, 1.54) is 17.8 Å². The molecule has 1 aliphatic heterocycles. The second-order valence-electron chi connectivity index (χ2n) is 6.95. The van der Waals surface area contributed by atoms with Crippen molar-refractivity contribution in [1.29, 1.82) is 0 Å². The fraction of sp³-hybridized carbons (Fsp3) is 0.238. The highest BCUT2D eigenvalue weighted by molar-refractivity contribution is 6.07. The van der Waals surface area contributed by atoms with Gasteiger partial charge in [0.25, 0.3) is 11.8 Å². The lowest BCUT2D eigenvalue weighted by Crippen LogP contribution is -2.22. The van der Waals surface area contributed by atoms with E-state index in [4.69, 9.17) is 4.74 Å². The highest BCUT2D eigenvalue weighted by atomic mass is 19.1. The number of carbonyl (C=O) groups is 2. The van der Waals surface area contributed by atoms with Gasteiger partial charge in [-0.25, -0.2) is 4.39 Å². The fourth-order valence-corrected chi connectivity index (χ4v) is 3.64. The Morgan fingerprint density at radius 3 is 2.60 bits per heavy atom. The first-order valence-corrected chi connectivity index (χ1v) is 9.37. The molecule has 4 rings (SSSR count). The first kappa shape index (κ1) is 19.6. The quantitative estimate of drug-likeness (QED) is 0.674. The second-order valence-corrected chi connectivity index (χ2v) is 6.95. The Morgan fingerprint density at radius 2 is 1.97 bits per heavy atom. The molecule has 1 aromatic heterocycles. The standard InChI is InChI=1S/C21H20FN5O3/c1-23-21(29)15-9-13(20(28)24-17-11-27(2)26-25-17)8-14-18(12-6-4-3-5-7-12)16(10-22)30-19(14)15/h3-9,11,16,18H,10H2,1-2H3,(H,23,29)(H,24,28)/t16-,18+/m1/s1. The van der Waals surface area contributed by atoms with Crippen molar-refractivity contribution >= 4 is 17.6 Å². The minimum Gasteiger partial charge on any atom is -0.486 e. The summed E-state index contributed by atoms with van der Waals surface area (Å²) >= 11 is 0. The molecule has 2 atom stereocenters. The van der Waals surface area contributed by atoms with E-state index in [9.17, 15) is 14.0 Å². The number of amides is 2. The molecule has 9 heteroatoms. The predicted octanol–water partition coefficient (Wildman–Crippen LogP) is 2.29. The molecule has 0 saturated heterocycles. The van der Waals surface area contributed by atoms with Gasteiger partial charge in [0.05, 0.1) is 17.7 Å². The number of aryl methyl sites for hydroxylation is 1. The number of halogens is 1. The molecule has 0 bridgehead atoms. The summed E-state index contributed by atoms with van der Waals surface area (Å²) in [6.07, 6.45) is 0.768. The summed E-state index contributed by atoms with van der Waals surface area (Å²) < 4.78 is 21.1. The molecule has 0 saturated carbocycles. The number of nitrogens with zero attached hydrogens (tertiary/aromatic N) is 3. The van der Waals surface area contributed by atoms with Crippen molar-refractivity contribution in [2.75, 3.05) is 19.0 Å². The number of benzene rings is 2. The predicted molar refractivity (Wildman–Crippen MR) is 107 cm³/mol. The Labute approximate surface area is 172 Å². The van der Waals surface area contributed by atoms with Gasteiger partial charge >= 0.3 is 0 Å². The Kier molecular flexibility index (Phi) is 5.18. The summed E-state index contributed by atoms with van der Waals surface area (Å²) in [7, 11) is 3.16. The average molecular weight is 409 g/mol. The van der Waals surface area contributed by atoms with Crippen molar-refractivity contribution in [3.8, 4) is 5.75 Å². The van der Waals surface area contributed by atoms with Gasteiger partial charge in [0, 0.05) is 25.2 Å². The topological polar surface area (TPSA) is 98.1 Å². The maximum atomic E-state index is 13.8. The van der Waals surface area contributed by atoms with Crippen molar-refractivity contribution in [1.82, 2.24) is 20.3 Å². The van der Waals surface area contributed by atoms with E-state index in [-0.39, 0.29) is 16.9 Å². The van der Waals surface area contributed by atoms with E-state index in [2.05, 4.69) is 20.9 Å². The Balaban J connectivity index is 1.81. The van der Waals surface area contributed by atoms with Crippen LogP contribution in [0.3, 0.4) is 0 Å². The number of rotatable bonds is 5. The summed E-state index contributed by atoms with van der Waals surface area (Å²) in [6.45, 7) is -0.734. The molecule has 8 nitrogen and oxygen atoms in total. The van der Waals surface area contributed by atoms with Crippen molar-refractivity contribution in [3.05, 3.63) is 70.9 Å². The molecule has 0 fully saturated rings. The lowest BCUT2D eigenvalue weighted by atomic mass is 9.86. The van der Waals surface area contributed by atoms with Crippen LogP contribution in [-0.2, 0) is 7.05 Å². The van der Waals surface area contributed by atoms with Crippen LogP contribution in [0.1, 0.15) is 37.8 Å². The van der Waals surface area contributed by atoms with Gasteiger partial charge in [0.15, 0.2) is 5.82 Å². The summed E-state index contributed by atoms with van der Waals surface area (Å²) in [5.74, 6) is -0.756. The van der Waals surface area contributed by atoms with E-state index in [1.54, 1.807) is 19.3 Å². The van der Waals surface area contributed by atoms with Crippen LogP contribution in [0.4, 0.5) is 10.2 Å². The van der Waals surface area contributed by atoms with Crippen LogP contribution in [0.2, 0.25) is 0 Å². The van der Waals surface area contributed by atoms with E-state index in [0.717, 1.165) is 5.56 Å². The van der Waals surface area contributed by atoms with Crippen molar-refractivity contribution in [3.63, 3.8) is 0 Å². The molecule has 3 aromatic rings. The van der Waals surface area contributed by atoms with E-state index in [1.807, 2.05) is 30.3 Å².